The predicted octanol–water partition coefficient (Wildman–Crippen LogP) is 5.19. The fraction of sp³-hybridized carbons (Fsp3) is 0.118. The molecule has 0 saturated carbocycles. The number of phosphoric ester groups is 1. The topological polar surface area (TPSA) is 133 Å². The molecular weight excluding hydrogens is 654 g/mol. The Kier molecular flexibility index (Phi) is 10.3. The van der Waals surface area contributed by atoms with Crippen molar-refractivity contribution in [2.75, 3.05) is 0 Å². The third-order valence-electron chi connectivity index (χ3n) is 7.55. The Morgan fingerprint density at radius 2 is 1.07 bits per heavy atom. The van der Waals surface area contributed by atoms with Crippen LogP contribution in [-0.2, 0) is 23.2 Å². The van der Waals surface area contributed by atoms with Crippen LogP contribution in [0.5, 0.6) is 0 Å². The Hall–Kier alpha value is -3.21. The van der Waals surface area contributed by atoms with Gasteiger partial charge in [-0.1, -0.05) is 72.1 Å². The van der Waals surface area contributed by atoms with Crippen LogP contribution in [0.15, 0.2) is 105 Å². The number of hydrogen-bond acceptors (Lipinski definition) is 8. The van der Waals surface area contributed by atoms with Gasteiger partial charge in [0.25, 0.3) is 0 Å². The van der Waals surface area contributed by atoms with Gasteiger partial charge in [0.15, 0.2) is 0 Å². The van der Waals surface area contributed by atoms with Gasteiger partial charge in [0.05, 0.1) is 11.8 Å². The second-order valence-electron chi connectivity index (χ2n) is 10.6. The minimum Gasteiger partial charge on any atom is -0.736 e. The van der Waals surface area contributed by atoms with Crippen LogP contribution in [0, 0.1) is 0 Å². The van der Waals surface area contributed by atoms with E-state index in [9.17, 15) is 29.3 Å². The third-order valence-corrected chi connectivity index (χ3v) is 10.7. The van der Waals surface area contributed by atoms with Crippen LogP contribution < -0.4 is 34.5 Å². The zero-order valence-corrected chi connectivity index (χ0v) is 29.5. The molecule has 4 aromatic rings. The van der Waals surface area contributed by atoms with Crippen LogP contribution in [0.3, 0.4) is 0 Å². The molecule has 0 radical (unpaired) electrons. The van der Waals surface area contributed by atoms with E-state index in [1.165, 1.54) is 23.5 Å². The molecule has 4 aromatic carbocycles. The maximum Gasteiger partial charge on any atom is 1.00 e. The number of carboxylic acids is 2. The molecule has 2 N–H and O–H groups in total. The van der Waals surface area contributed by atoms with Crippen LogP contribution in [0.25, 0.3) is 23.7 Å². The number of hydrogen-bond donors (Lipinski definition) is 2. The van der Waals surface area contributed by atoms with Gasteiger partial charge in [-0.2, -0.15) is 0 Å². The monoisotopic (exact) mass is 680 g/mol. The molecule has 2 aliphatic heterocycles. The molecule has 228 valence electrons. The van der Waals surface area contributed by atoms with Crippen molar-refractivity contribution in [2.24, 2.45) is 0 Å². The predicted molar refractivity (Wildman–Crippen MR) is 172 cm³/mol. The van der Waals surface area contributed by atoms with Crippen LogP contribution in [-0.4, -0.2) is 22.2 Å². The van der Waals surface area contributed by atoms with Gasteiger partial charge in [0, 0.05) is 30.7 Å². The maximum absolute atomic E-state index is 13.7. The molecule has 0 spiro atoms. The van der Waals surface area contributed by atoms with Gasteiger partial charge >= 0.3 is 49.3 Å². The average Bonchev–Trinajstić information content (AvgIpc) is 3.26. The van der Waals surface area contributed by atoms with Gasteiger partial charge in [0.2, 0.25) is 0 Å². The SMILES string of the molecule is CC(C(=O)O)c1ccc2c(c1)C=C(OP(=O)([O-])OC1=Cc3cc(C(C)C(=O)O)ccc3Sc3ccccc31)c1ccccc1S2.[Na+]. The number of carboxylic acid groups (broad SMARTS) is 2. The molecule has 0 amide bonds. The molecule has 2 unspecified atom stereocenters. The fourth-order valence-electron chi connectivity index (χ4n) is 4.97. The molecular formula is C34H26NaO8PS2. The molecule has 0 bridgehead atoms. The fourth-order valence-corrected chi connectivity index (χ4v) is 7.86. The molecule has 6 rings (SSSR count). The first kappa shape index (κ1) is 34.1. The largest absolute Gasteiger partial charge is 1.00 e. The molecule has 0 aromatic heterocycles. The van der Waals surface area contributed by atoms with E-state index in [1.807, 2.05) is 36.4 Å². The minimum atomic E-state index is -5.09. The van der Waals surface area contributed by atoms with Gasteiger partial charge in [-0.25, -0.2) is 4.57 Å². The standard InChI is InChI=1S/C34H27O8PS2.Na/c1-19(33(35)36)21-11-13-29-23(15-21)17-27(25-7-3-5-9-31(25)44-29)41-43(39,40)42-28-18-24-16-22(20(2)34(37)38)12-14-30(24)45-32-10-6-4-8-26(28)32;/h3-20H,1-2H3,(H,35,36)(H,37,38)(H,39,40);/q;+1/p-1. The summed E-state index contributed by atoms with van der Waals surface area (Å²) in [6, 6.07) is 25.0. The van der Waals surface area contributed by atoms with Crippen molar-refractivity contribution in [1.82, 2.24) is 0 Å². The molecule has 8 nitrogen and oxygen atoms in total. The van der Waals surface area contributed by atoms with Crippen molar-refractivity contribution >= 4 is 67.0 Å². The Labute approximate surface area is 296 Å². The van der Waals surface area contributed by atoms with E-state index in [-0.39, 0.29) is 41.1 Å². The zero-order chi connectivity index (χ0) is 31.9. The molecule has 46 heavy (non-hydrogen) atoms. The molecule has 2 aliphatic rings. The van der Waals surface area contributed by atoms with E-state index in [4.69, 9.17) is 9.05 Å². The van der Waals surface area contributed by atoms with Gasteiger partial charge in [0.1, 0.15) is 11.5 Å². The molecule has 0 saturated heterocycles. The summed E-state index contributed by atoms with van der Waals surface area (Å²) in [4.78, 5) is 40.1. The van der Waals surface area contributed by atoms with Gasteiger partial charge in [-0.05, 0) is 84.7 Å². The molecule has 2 atom stereocenters. The van der Waals surface area contributed by atoms with Crippen LogP contribution in [0.4, 0.5) is 0 Å². The van der Waals surface area contributed by atoms with Crippen molar-refractivity contribution in [3.05, 3.63) is 118 Å². The van der Waals surface area contributed by atoms with Gasteiger partial charge < -0.3 is 24.2 Å². The molecule has 12 heteroatoms. The van der Waals surface area contributed by atoms with Crippen molar-refractivity contribution in [1.29, 1.82) is 0 Å². The summed E-state index contributed by atoms with van der Waals surface area (Å²) in [6.45, 7) is 3.17. The number of aliphatic carboxylic acids is 2. The number of benzene rings is 4. The molecule has 2 heterocycles. The Balaban J connectivity index is 0.00000417. The summed E-state index contributed by atoms with van der Waals surface area (Å²) in [7, 11) is -5.09. The van der Waals surface area contributed by atoms with Crippen molar-refractivity contribution in [3.63, 3.8) is 0 Å². The third kappa shape index (κ3) is 7.19. The van der Waals surface area contributed by atoms with Gasteiger partial charge in [-0.3, -0.25) is 9.59 Å². The number of phosphoric acid groups is 1. The first-order valence-electron chi connectivity index (χ1n) is 13.9. The quantitative estimate of drug-likeness (QED) is 0.189. The molecule has 0 aliphatic carbocycles. The second kappa shape index (κ2) is 13.9. The summed E-state index contributed by atoms with van der Waals surface area (Å²) in [6.07, 6.45) is 3.17. The summed E-state index contributed by atoms with van der Waals surface area (Å²) in [5.74, 6) is -3.41. The van der Waals surface area contributed by atoms with Crippen molar-refractivity contribution in [2.45, 2.75) is 45.3 Å². The van der Waals surface area contributed by atoms with Crippen molar-refractivity contribution in [3.8, 4) is 0 Å². The van der Waals surface area contributed by atoms with E-state index < -0.39 is 31.6 Å². The first-order chi connectivity index (χ1) is 21.5. The van der Waals surface area contributed by atoms with E-state index in [0.717, 1.165) is 19.6 Å². The van der Waals surface area contributed by atoms with Crippen LogP contribution in [0.1, 0.15) is 59.1 Å². The normalized spacial score (nSPS) is 15.6. The smallest absolute Gasteiger partial charge is 0.736 e. The minimum absolute atomic E-state index is 0. The molecule has 0 fully saturated rings. The summed E-state index contributed by atoms with van der Waals surface area (Å²) >= 11 is 2.84. The first-order valence-corrected chi connectivity index (χ1v) is 17.0. The van der Waals surface area contributed by atoms with E-state index in [0.29, 0.717) is 33.4 Å². The maximum atomic E-state index is 13.7. The van der Waals surface area contributed by atoms with Crippen LogP contribution in [0.2, 0.25) is 0 Å². The van der Waals surface area contributed by atoms with Gasteiger partial charge in [-0.15, -0.1) is 0 Å². The Morgan fingerprint density at radius 1 is 0.674 bits per heavy atom. The summed E-state index contributed by atoms with van der Waals surface area (Å²) in [5, 5.41) is 19.1. The number of fused-ring (bicyclic) bond motifs is 4. The number of carbonyl (C=O) groups is 2. The van der Waals surface area contributed by atoms with E-state index in [1.54, 1.807) is 74.5 Å². The van der Waals surface area contributed by atoms with E-state index >= 15 is 0 Å². The second-order valence-corrected chi connectivity index (χ2v) is 14.0. The average molecular weight is 681 g/mol. The summed E-state index contributed by atoms with van der Waals surface area (Å²) in [5.41, 5.74) is 3.43. The number of rotatable bonds is 8. The van der Waals surface area contributed by atoms with Crippen molar-refractivity contribution < 1.29 is 67.9 Å². The summed E-state index contributed by atoms with van der Waals surface area (Å²) < 4.78 is 25.1. The zero-order valence-electron chi connectivity index (χ0n) is 25.0. The van der Waals surface area contributed by atoms with E-state index in [2.05, 4.69) is 0 Å². The Bertz CT molecular complexity index is 1840. The van der Waals surface area contributed by atoms with Crippen LogP contribution >= 0.6 is 31.3 Å². The Morgan fingerprint density at radius 3 is 1.46 bits per heavy atom.